The van der Waals surface area contributed by atoms with E-state index in [4.69, 9.17) is 32.9 Å². The van der Waals surface area contributed by atoms with Crippen molar-refractivity contribution >= 4 is 0 Å². The fourth-order valence-electron chi connectivity index (χ4n) is 3.15. The number of aromatic nitrogens is 1. The summed E-state index contributed by atoms with van der Waals surface area (Å²) in [4.78, 5) is 0. The maximum Gasteiger partial charge on any atom is 0.207 e. The molecule has 1 aromatic heterocycles. The van der Waals surface area contributed by atoms with Crippen molar-refractivity contribution in [3.63, 3.8) is 0 Å². The Bertz CT molecular complexity index is 997. The van der Waals surface area contributed by atoms with Gasteiger partial charge in [-0.05, 0) is 24.3 Å². The zero-order valence-electron chi connectivity index (χ0n) is 17.2. The summed E-state index contributed by atoms with van der Waals surface area (Å²) >= 11 is 0. The molecule has 3 rings (SSSR count). The van der Waals surface area contributed by atoms with E-state index in [1.54, 1.807) is 46.8 Å². The molecule has 0 saturated carbocycles. The maximum absolute atomic E-state index is 5.63. The van der Waals surface area contributed by atoms with Crippen LogP contribution in [-0.4, -0.2) is 47.8 Å². The van der Waals surface area contributed by atoms with Gasteiger partial charge in [-0.2, -0.15) is 0 Å². The summed E-state index contributed by atoms with van der Waals surface area (Å²) in [6.07, 6.45) is 1.61. The molecule has 0 N–H and O–H groups in total. The number of hydrogen-bond donors (Lipinski definition) is 0. The quantitative estimate of drug-likeness (QED) is 0.559. The smallest absolute Gasteiger partial charge is 0.207 e. The van der Waals surface area contributed by atoms with E-state index in [0.29, 0.717) is 51.4 Å². The molecule has 0 saturated heterocycles. The van der Waals surface area contributed by atoms with Crippen molar-refractivity contribution in [2.24, 2.45) is 0 Å². The van der Waals surface area contributed by atoms with Gasteiger partial charge in [0, 0.05) is 11.1 Å². The molecule has 0 aliphatic heterocycles. The highest BCUT2D eigenvalue weighted by Gasteiger charge is 2.26. The topological polar surface area (TPSA) is 81.4 Å². The molecular formula is C21H23NO7. The summed E-state index contributed by atoms with van der Waals surface area (Å²) in [7, 11) is 9.33. The lowest BCUT2D eigenvalue weighted by molar-refractivity contribution is 0.306. The van der Waals surface area contributed by atoms with Crippen LogP contribution in [0.1, 0.15) is 0 Å². The molecule has 0 atom stereocenters. The Hall–Kier alpha value is -3.55. The Kier molecular flexibility index (Phi) is 6.01. The first-order valence-corrected chi connectivity index (χ1v) is 8.67. The number of nitrogens with zero attached hydrogens (tertiary/aromatic N) is 1. The fraction of sp³-hybridized carbons (Fsp3) is 0.286. The van der Waals surface area contributed by atoms with E-state index < -0.39 is 0 Å². The van der Waals surface area contributed by atoms with Crippen molar-refractivity contribution in [1.82, 2.24) is 5.16 Å². The molecule has 154 valence electrons. The summed E-state index contributed by atoms with van der Waals surface area (Å²) < 4.78 is 38.4. The predicted octanol–water partition coefficient (Wildman–Crippen LogP) is 4.06. The molecule has 1 heterocycles. The highest BCUT2D eigenvalue weighted by molar-refractivity contribution is 5.87. The Labute approximate surface area is 168 Å². The van der Waals surface area contributed by atoms with E-state index in [1.165, 1.54) is 14.2 Å². The third kappa shape index (κ3) is 3.49. The molecule has 0 aliphatic rings. The Morgan fingerprint density at radius 3 is 1.86 bits per heavy atom. The fourth-order valence-corrected chi connectivity index (χ4v) is 3.15. The van der Waals surface area contributed by atoms with E-state index in [1.807, 2.05) is 12.1 Å². The zero-order chi connectivity index (χ0) is 21.0. The van der Waals surface area contributed by atoms with Gasteiger partial charge in [-0.3, -0.25) is 0 Å². The van der Waals surface area contributed by atoms with Gasteiger partial charge in [0.15, 0.2) is 28.8 Å². The van der Waals surface area contributed by atoms with Gasteiger partial charge >= 0.3 is 0 Å². The van der Waals surface area contributed by atoms with Crippen molar-refractivity contribution in [3.05, 3.63) is 30.5 Å². The van der Waals surface area contributed by atoms with Crippen LogP contribution in [-0.2, 0) is 0 Å². The maximum atomic E-state index is 5.63. The van der Waals surface area contributed by atoms with Crippen LogP contribution in [0.25, 0.3) is 22.5 Å². The van der Waals surface area contributed by atoms with Gasteiger partial charge in [0.25, 0.3) is 0 Å². The molecule has 8 nitrogen and oxygen atoms in total. The molecule has 0 bridgehead atoms. The second-order valence-electron chi connectivity index (χ2n) is 5.86. The molecule has 8 heteroatoms. The van der Waals surface area contributed by atoms with Crippen LogP contribution in [0.2, 0.25) is 0 Å². The van der Waals surface area contributed by atoms with Crippen molar-refractivity contribution in [2.45, 2.75) is 0 Å². The van der Waals surface area contributed by atoms with Crippen molar-refractivity contribution in [3.8, 4) is 56.9 Å². The van der Waals surface area contributed by atoms with E-state index in [2.05, 4.69) is 5.16 Å². The summed E-state index contributed by atoms with van der Waals surface area (Å²) in [5.41, 5.74) is 2.12. The lowest BCUT2D eigenvalue weighted by atomic mass is 10.00. The number of methoxy groups -OCH3 is 6. The molecule has 0 amide bonds. The van der Waals surface area contributed by atoms with Crippen LogP contribution in [0, 0.1) is 0 Å². The third-order valence-corrected chi connectivity index (χ3v) is 4.49. The van der Waals surface area contributed by atoms with Crippen LogP contribution in [0.15, 0.2) is 35.0 Å². The van der Waals surface area contributed by atoms with Crippen molar-refractivity contribution in [1.29, 1.82) is 0 Å². The first-order valence-electron chi connectivity index (χ1n) is 8.67. The second-order valence-corrected chi connectivity index (χ2v) is 5.86. The van der Waals surface area contributed by atoms with Gasteiger partial charge in [-0.25, -0.2) is 0 Å². The number of benzene rings is 2. The minimum Gasteiger partial charge on any atom is -0.493 e. The van der Waals surface area contributed by atoms with Crippen LogP contribution < -0.4 is 28.4 Å². The van der Waals surface area contributed by atoms with Crippen LogP contribution in [0.4, 0.5) is 0 Å². The molecule has 29 heavy (non-hydrogen) atoms. The summed E-state index contributed by atoms with van der Waals surface area (Å²) in [5, 5.41) is 3.99. The van der Waals surface area contributed by atoms with Gasteiger partial charge < -0.3 is 32.9 Å². The molecule has 2 aromatic carbocycles. The Balaban J connectivity index is 2.23. The van der Waals surface area contributed by atoms with Gasteiger partial charge in [0.1, 0.15) is 0 Å². The molecule has 3 aromatic rings. The number of ether oxygens (including phenoxy) is 6. The van der Waals surface area contributed by atoms with Gasteiger partial charge in [0.2, 0.25) is 11.5 Å². The summed E-state index contributed by atoms with van der Waals surface area (Å²) in [6.45, 7) is 0. The second kappa shape index (κ2) is 8.64. The molecule has 0 aliphatic carbocycles. The first kappa shape index (κ1) is 20.2. The average molecular weight is 401 g/mol. The summed E-state index contributed by atoms with van der Waals surface area (Å²) in [5.74, 6) is 3.50. The molecule has 0 fully saturated rings. The Morgan fingerprint density at radius 1 is 0.621 bits per heavy atom. The number of rotatable bonds is 8. The molecular weight excluding hydrogens is 378 g/mol. The standard InChI is InChI=1S/C21H23NO7/c1-23-15-8-7-12(9-16(15)24-2)18-14(11-22-29-18)13-10-17(25-3)20(27-5)21(28-6)19(13)26-4/h7-11H,1-6H3. The van der Waals surface area contributed by atoms with Crippen LogP contribution in [0.5, 0.6) is 34.5 Å². The lowest BCUT2D eigenvalue weighted by Gasteiger charge is -2.18. The monoisotopic (exact) mass is 401 g/mol. The van der Waals surface area contributed by atoms with Gasteiger partial charge in [-0.1, -0.05) is 5.16 Å². The largest absolute Gasteiger partial charge is 0.493 e. The van der Waals surface area contributed by atoms with E-state index in [0.717, 1.165) is 5.56 Å². The summed E-state index contributed by atoms with van der Waals surface area (Å²) in [6, 6.07) is 7.26. The van der Waals surface area contributed by atoms with Crippen LogP contribution in [0.3, 0.4) is 0 Å². The SMILES string of the molecule is COc1ccc(-c2oncc2-c2cc(OC)c(OC)c(OC)c2OC)cc1OC. The van der Waals surface area contributed by atoms with Crippen molar-refractivity contribution < 1.29 is 32.9 Å². The highest BCUT2D eigenvalue weighted by atomic mass is 16.5. The minimum absolute atomic E-state index is 0.406. The van der Waals surface area contributed by atoms with Gasteiger partial charge in [-0.15, -0.1) is 0 Å². The minimum atomic E-state index is 0.406. The number of hydrogen-bond acceptors (Lipinski definition) is 8. The molecule has 0 spiro atoms. The first-order chi connectivity index (χ1) is 14.1. The van der Waals surface area contributed by atoms with E-state index in [9.17, 15) is 0 Å². The van der Waals surface area contributed by atoms with Crippen LogP contribution >= 0.6 is 0 Å². The molecule has 0 unspecified atom stereocenters. The average Bonchev–Trinajstić information content (AvgIpc) is 3.26. The Morgan fingerprint density at radius 2 is 1.28 bits per heavy atom. The zero-order valence-corrected chi connectivity index (χ0v) is 17.2. The lowest BCUT2D eigenvalue weighted by Crippen LogP contribution is -2.00. The third-order valence-electron chi connectivity index (χ3n) is 4.49. The normalized spacial score (nSPS) is 10.4. The highest BCUT2D eigenvalue weighted by Crippen LogP contribution is 2.51. The van der Waals surface area contributed by atoms with Gasteiger partial charge in [0.05, 0.1) is 54.4 Å². The predicted molar refractivity (Wildman–Crippen MR) is 107 cm³/mol. The van der Waals surface area contributed by atoms with Crippen molar-refractivity contribution in [2.75, 3.05) is 42.7 Å². The molecule has 0 radical (unpaired) electrons. The van der Waals surface area contributed by atoms with E-state index >= 15 is 0 Å². The van der Waals surface area contributed by atoms with E-state index in [-0.39, 0.29) is 0 Å².